The number of alkyl halides is 3. The number of rotatable bonds is 3. The van der Waals surface area contributed by atoms with Gasteiger partial charge >= 0.3 is 6.18 Å². The smallest absolute Gasteiger partial charge is 0.416 e. The first-order chi connectivity index (χ1) is 13.5. The average Bonchev–Trinajstić information content (AvgIpc) is 2.72. The van der Waals surface area contributed by atoms with E-state index < -0.39 is 11.7 Å². The monoisotopic (exact) mass is 383 g/mol. The summed E-state index contributed by atoms with van der Waals surface area (Å²) in [4.78, 5) is 4.53. The summed E-state index contributed by atoms with van der Waals surface area (Å²) in [6.45, 7) is 0. The molecule has 0 aliphatic carbocycles. The number of nitrogens with one attached hydrogen (secondary N) is 1. The lowest BCUT2D eigenvalue weighted by atomic mass is 10.1. The zero-order chi connectivity index (χ0) is 19.7. The van der Waals surface area contributed by atoms with Gasteiger partial charge in [0.15, 0.2) is 5.84 Å². The Labute approximate surface area is 159 Å². The number of hydrogen-bond donors (Lipinski definition) is 1. The molecular formula is C21H16F3N3O. The van der Waals surface area contributed by atoms with E-state index in [0.717, 1.165) is 17.7 Å². The molecule has 1 N–H and O–H groups in total. The zero-order valence-electron chi connectivity index (χ0n) is 14.9. The Morgan fingerprint density at radius 1 is 0.929 bits per heavy atom. The molecule has 0 unspecified atom stereocenters. The summed E-state index contributed by atoms with van der Waals surface area (Å²) in [5, 5.41) is 1.61. The van der Waals surface area contributed by atoms with E-state index in [9.17, 15) is 13.2 Å². The molecule has 28 heavy (non-hydrogen) atoms. The van der Waals surface area contributed by atoms with Crippen LogP contribution in [0.2, 0.25) is 0 Å². The van der Waals surface area contributed by atoms with Crippen LogP contribution in [0.25, 0.3) is 0 Å². The lowest BCUT2D eigenvalue weighted by Crippen LogP contribution is -2.41. The van der Waals surface area contributed by atoms with Gasteiger partial charge in [-0.1, -0.05) is 18.2 Å². The second-order valence-electron chi connectivity index (χ2n) is 6.17. The number of anilines is 2. The molecular weight excluding hydrogens is 367 g/mol. The molecule has 0 bridgehead atoms. The van der Waals surface area contributed by atoms with E-state index in [-0.39, 0.29) is 0 Å². The summed E-state index contributed by atoms with van der Waals surface area (Å²) in [5.74, 6) is 1.23. The first kappa shape index (κ1) is 17.9. The second-order valence-corrected chi connectivity index (χ2v) is 6.17. The lowest BCUT2D eigenvalue weighted by molar-refractivity contribution is -0.137. The van der Waals surface area contributed by atoms with Crippen LogP contribution in [-0.4, -0.2) is 12.9 Å². The first-order valence-corrected chi connectivity index (χ1v) is 8.52. The molecule has 0 amide bonds. The van der Waals surface area contributed by atoms with Crippen molar-refractivity contribution in [2.45, 2.75) is 6.18 Å². The molecule has 0 aromatic heterocycles. The number of halogens is 3. The highest BCUT2D eigenvalue weighted by molar-refractivity contribution is 6.05. The van der Waals surface area contributed by atoms with Gasteiger partial charge in [0, 0.05) is 5.56 Å². The maximum atomic E-state index is 13.2. The molecule has 4 nitrogen and oxygen atoms in total. The summed E-state index contributed by atoms with van der Waals surface area (Å²) in [7, 11) is 1.58. The largest absolute Gasteiger partial charge is 0.497 e. The van der Waals surface area contributed by atoms with Gasteiger partial charge in [0.2, 0.25) is 0 Å². The van der Waals surface area contributed by atoms with Gasteiger partial charge in [-0.2, -0.15) is 13.2 Å². The number of amidine groups is 1. The normalized spacial score (nSPS) is 13.4. The fourth-order valence-corrected chi connectivity index (χ4v) is 2.94. The fourth-order valence-electron chi connectivity index (χ4n) is 2.94. The van der Waals surface area contributed by atoms with Gasteiger partial charge in [0.05, 0.1) is 29.7 Å². The summed E-state index contributed by atoms with van der Waals surface area (Å²) in [6.07, 6.45) is -4.43. The lowest BCUT2D eigenvalue weighted by Gasteiger charge is -2.32. The van der Waals surface area contributed by atoms with E-state index in [1.54, 1.807) is 24.3 Å². The number of aliphatic imine (C=N–C) groups is 1. The van der Waals surface area contributed by atoms with Gasteiger partial charge in [-0.25, -0.2) is 4.99 Å². The molecule has 0 saturated carbocycles. The Hall–Kier alpha value is -3.48. The molecule has 1 aliphatic rings. The second kappa shape index (κ2) is 6.92. The minimum Gasteiger partial charge on any atom is -0.497 e. The van der Waals surface area contributed by atoms with Gasteiger partial charge in [-0.05, 0) is 54.6 Å². The van der Waals surface area contributed by atoms with Crippen LogP contribution in [0.15, 0.2) is 77.8 Å². The van der Waals surface area contributed by atoms with Crippen molar-refractivity contribution < 1.29 is 17.9 Å². The molecule has 0 radical (unpaired) electrons. The Balaban J connectivity index is 1.83. The number of methoxy groups -OCH3 is 1. The van der Waals surface area contributed by atoms with Crippen molar-refractivity contribution >= 4 is 22.9 Å². The maximum absolute atomic E-state index is 13.2. The highest BCUT2D eigenvalue weighted by atomic mass is 19.4. The topological polar surface area (TPSA) is 36.9 Å². The molecule has 0 atom stereocenters. The SMILES string of the molecule is COc1ccc(C2=Nc3ccc(C(F)(F)F)cc3N(c3ccccc3)N2)cc1. The van der Waals surface area contributed by atoms with E-state index in [4.69, 9.17) is 4.74 Å². The van der Waals surface area contributed by atoms with Crippen molar-refractivity contribution in [1.82, 2.24) is 5.43 Å². The van der Waals surface area contributed by atoms with Crippen LogP contribution in [0, 0.1) is 0 Å². The highest BCUT2D eigenvalue weighted by Crippen LogP contribution is 2.40. The molecule has 7 heteroatoms. The fraction of sp³-hybridized carbons (Fsp3) is 0.0952. The van der Waals surface area contributed by atoms with Gasteiger partial charge in [-0.3, -0.25) is 10.4 Å². The van der Waals surface area contributed by atoms with Crippen LogP contribution in [0.1, 0.15) is 11.1 Å². The molecule has 1 heterocycles. The summed E-state index contributed by atoms with van der Waals surface area (Å²) in [6, 6.07) is 19.9. The van der Waals surface area contributed by atoms with Gasteiger partial charge in [0.25, 0.3) is 0 Å². The maximum Gasteiger partial charge on any atom is 0.416 e. The van der Waals surface area contributed by atoms with E-state index in [1.165, 1.54) is 6.07 Å². The Morgan fingerprint density at radius 2 is 1.64 bits per heavy atom. The highest BCUT2D eigenvalue weighted by Gasteiger charge is 2.33. The number of hydrogen-bond acceptors (Lipinski definition) is 4. The Morgan fingerprint density at radius 3 is 2.29 bits per heavy atom. The van der Waals surface area contributed by atoms with E-state index in [0.29, 0.717) is 28.6 Å². The molecule has 3 aromatic rings. The van der Waals surface area contributed by atoms with Crippen molar-refractivity contribution in [3.8, 4) is 5.75 Å². The molecule has 1 aliphatic heterocycles. The van der Waals surface area contributed by atoms with Crippen molar-refractivity contribution in [2.24, 2.45) is 4.99 Å². The third kappa shape index (κ3) is 3.38. The third-order valence-corrected chi connectivity index (χ3v) is 4.37. The zero-order valence-corrected chi connectivity index (χ0v) is 14.9. The van der Waals surface area contributed by atoms with Crippen molar-refractivity contribution in [1.29, 1.82) is 0 Å². The van der Waals surface area contributed by atoms with Crippen LogP contribution in [0.3, 0.4) is 0 Å². The Bertz CT molecular complexity index is 1020. The van der Waals surface area contributed by atoms with E-state index in [1.807, 2.05) is 42.5 Å². The summed E-state index contributed by atoms with van der Waals surface area (Å²) >= 11 is 0. The van der Waals surface area contributed by atoms with Gasteiger partial charge in [0.1, 0.15) is 5.75 Å². The minimum absolute atomic E-state index is 0.332. The summed E-state index contributed by atoms with van der Waals surface area (Å²) in [5.41, 5.74) is 4.67. The quantitative estimate of drug-likeness (QED) is 0.654. The van der Waals surface area contributed by atoms with Crippen molar-refractivity contribution in [3.05, 3.63) is 83.9 Å². The van der Waals surface area contributed by atoms with E-state index in [2.05, 4.69) is 10.4 Å². The minimum atomic E-state index is -4.43. The van der Waals surface area contributed by atoms with Gasteiger partial charge in [-0.15, -0.1) is 0 Å². The number of benzene rings is 3. The number of para-hydroxylation sites is 1. The van der Waals surface area contributed by atoms with Crippen LogP contribution in [-0.2, 0) is 6.18 Å². The molecule has 0 fully saturated rings. The van der Waals surface area contributed by atoms with Crippen LogP contribution in [0.5, 0.6) is 5.75 Å². The molecule has 3 aromatic carbocycles. The van der Waals surface area contributed by atoms with Gasteiger partial charge < -0.3 is 4.74 Å². The number of fused-ring (bicyclic) bond motifs is 1. The average molecular weight is 383 g/mol. The van der Waals surface area contributed by atoms with Crippen molar-refractivity contribution in [2.75, 3.05) is 12.1 Å². The van der Waals surface area contributed by atoms with Crippen LogP contribution in [0.4, 0.5) is 30.2 Å². The van der Waals surface area contributed by atoms with E-state index >= 15 is 0 Å². The first-order valence-electron chi connectivity index (χ1n) is 8.52. The predicted octanol–water partition coefficient (Wildman–Crippen LogP) is 5.45. The number of ether oxygens (including phenoxy) is 1. The molecule has 4 rings (SSSR count). The summed E-state index contributed by atoms with van der Waals surface area (Å²) < 4.78 is 44.8. The number of hydrazine groups is 1. The predicted molar refractivity (Wildman–Crippen MR) is 102 cm³/mol. The molecule has 0 spiro atoms. The Kier molecular flexibility index (Phi) is 4.43. The van der Waals surface area contributed by atoms with Crippen molar-refractivity contribution in [3.63, 3.8) is 0 Å². The number of nitrogens with zero attached hydrogens (tertiary/aromatic N) is 2. The van der Waals surface area contributed by atoms with Crippen LogP contribution >= 0.6 is 0 Å². The third-order valence-electron chi connectivity index (χ3n) is 4.37. The standard InChI is InChI=1S/C21H16F3N3O/c1-28-17-10-7-14(8-11-17)20-25-18-12-9-15(21(22,23)24)13-19(18)27(26-20)16-5-3-2-4-6-16/h2-13H,1H3,(H,25,26). The molecule has 142 valence electrons. The molecule has 0 saturated heterocycles. The van der Waals surface area contributed by atoms with Crippen LogP contribution < -0.4 is 15.2 Å².